The lowest BCUT2D eigenvalue weighted by Gasteiger charge is -2.29. The molecule has 1 aliphatic heterocycles. The number of aliphatic hydroxyl groups is 1. The number of halogens is 1. The fourth-order valence-corrected chi connectivity index (χ4v) is 4.86. The zero-order valence-electron chi connectivity index (χ0n) is 14.5. The zero-order chi connectivity index (χ0) is 17.2. The van der Waals surface area contributed by atoms with Gasteiger partial charge in [-0.3, -0.25) is 4.90 Å². The van der Waals surface area contributed by atoms with Gasteiger partial charge in [-0.2, -0.15) is 0 Å². The lowest BCUT2D eigenvalue weighted by molar-refractivity contribution is 0.0754. The van der Waals surface area contributed by atoms with Gasteiger partial charge in [-0.05, 0) is 36.1 Å². The summed E-state index contributed by atoms with van der Waals surface area (Å²) in [6, 6.07) is 17.9. The van der Waals surface area contributed by atoms with Crippen molar-refractivity contribution in [1.82, 2.24) is 4.90 Å². The number of fused-ring (bicyclic) bond motifs is 1. The Morgan fingerprint density at radius 3 is 2.44 bits per heavy atom. The first kappa shape index (κ1) is 16.7. The molecule has 2 fully saturated rings. The van der Waals surface area contributed by atoms with E-state index >= 15 is 0 Å². The van der Waals surface area contributed by atoms with Crippen LogP contribution in [-0.2, 0) is 6.54 Å². The largest absolute Gasteiger partial charge is 0.393 e. The van der Waals surface area contributed by atoms with E-state index in [1.54, 1.807) is 12.1 Å². The minimum atomic E-state index is -0.261. The third kappa shape index (κ3) is 3.49. The van der Waals surface area contributed by atoms with E-state index in [4.69, 9.17) is 0 Å². The number of benzene rings is 2. The first-order valence-corrected chi connectivity index (χ1v) is 9.44. The van der Waals surface area contributed by atoms with Gasteiger partial charge in [0.05, 0.1) is 6.10 Å². The molecule has 1 saturated carbocycles. The second-order valence-corrected chi connectivity index (χ2v) is 7.57. The zero-order valence-corrected chi connectivity index (χ0v) is 14.5. The van der Waals surface area contributed by atoms with Crippen LogP contribution in [0.1, 0.15) is 42.7 Å². The molecule has 2 aliphatic rings. The van der Waals surface area contributed by atoms with Crippen LogP contribution < -0.4 is 0 Å². The van der Waals surface area contributed by atoms with Crippen LogP contribution in [0.3, 0.4) is 0 Å². The van der Waals surface area contributed by atoms with Crippen LogP contribution in [0.15, 0.2) is 54.6 Å². The highest BCUT2D eigenvalue weighted by Gasteiger charge is 2.46. The maximum absolute atomic E-state index is 13.4. The van der Waals surface area contributed by atoms with Crippen LogP contribution in [0, 0.1) is 11.7 Å². The van der Waals surface area contributed by atoms with Gasteiger partial charge in [0.1, 0.15) is 5.82 Å². The van der Waals surface area contributed by atoms with Crippen molar-refractivity contribution < 1.29 is 9.50 Å². The van der Waals surface area contributed by atoms with E-state index in [2.05, 4.69) is 29.2 Å². The fraction of sp³-hybridized carbons (Fsp3) is 0.455. The van der Waals surface area contributed by atoms with Crippen molar-refractivity contribution in [2.75, 3.05) is 6.54 Å². The van der Waals surface area contributed by atoms with Crippen molar-refractivity contribution in [3.63, 3.8) is 0 Å². The first-order valence-electron chi connectivity index (χ1n) is 9.44. The van der Waals surface area contributed by atoms with E-state index in [9.17, 15) is 9.50 Å². The molecule has 0 aromatic heterocycles. The van der Waals surface area contributed by atoms with Gasteiger partial charge >= 0.3 is 0 Å². The van der Waals surface area contributed by atoms with Crippen LogP contribution in [0.25, 0.3) is 0 Å². The van der Waals surface area contributed by atoms with Crippen LogP contribution in [0.2, 0.25) is 0 Å². The van der Waals surface area contributed by atoms with Crippen LogP contribution in [0.5, 0.6) is 0 Å². The molecule has 132 valence electrons. The van der Waals surface area contributed by atoms with Gasteiger partial charge in [-0.25, -0.2) is 4.39 Å². The predicted octanol–water partition coefficient (Wildman–Crippen LogP) is 4.34. The van der Waals surface area contributed by atoms with E-state index in [0.717, 1.165) is 37.9 Å². The second-order valence-electron chi connectivity index (χ2n) is 7.57. The summed E-state index contributed by atoms with van der Waals surface area (Å²) in [5.74, 6) is 0.333. The number of hydrogen-bond acceptors (Lipinski definition) is 2. The van der Waals surface area contributed by atoms with E-state index < -0.39 is 0 Å². The summed E-state index contributed by atoms with van der Waals surface area (Å²) in [6.45, 7) is 1.86. The number of rotatable bonds is 3. The summed E-state index contributed by atoms with van der Waals surface area (Å²) >= 11 is 0. The minimum Gasteiger partial charge on any atom is -0.393 e. The molecule has 2 aromatic rings. The first-order chi connectivity index (χ1) is 12.2. The smallest absolute Gasteiger partial charge is 0.123 e. The lowest BCUT2D eigenvalue weighted by Crippen LogP contribution is -2.36. The molecule has 0 radical (unpaired) electrons. The third-order valence-electron chi connectivity index (χ3n) is 6.03. The third-order valence-corrected chi connectivity index (χ3v) is 6.03. The molecule has 0 unspecified atom stereocenters. The lowest BCUT2D eigenvalue weighted by atomic mass is 9.81. The molecular formula is C22H26FNO. The summed E-state index contributed by atoms with van der Waals surface area (Å²) in [7, 11) is 0. The number of likely N-dealkylation sites (tertiary alicyclic amines) is 1. The molecule has 2 aromatic carbocycles. The van der Waals surface area contributed by atoms with Gasteiger partial charge in [0.15, 0.2) is 0 Å². The highest BCUT2D eigenvalue weighted by atomic mass is 19.1. The van der Waals surface area contributed by atoms with Gasteiger partial charge in [-0.1, -0.05) is 55.3 Å². The van der Waals surface area contributed by atoms with Gasteiger partial charge in [0.25, 0.3) is 0 Å². The minimum absolute atomic E-state index is 0.194. The van der Waals surface area contributed by atoms with Gasteiger partial charge < -0.3 is 5.11 Å². The Morgan fingerprint density at radius 2 is 1.68 bits per heavy atom. The van der Waals surface area contributed by atoms with Gasteiger partial charge in [-0.15, -0.1) is 0 Å². The van der Waals surface area contributed by atoms with Crippen LogP contribution in [-0.4, -0.2) is 28.7 Å². The molecule has 3 heteroatoms. The maximum Gasteiger partial charge on any atom is 0.123 e. The molecule has 1 N–H and O–H groups in total. The van der Waals surface area contributed by atoms with Crippen molar-refractivity contribution in [1.29, 1.82) is 0 Å². The maximum atomic E-state index is 13.4. The Balaban J connectivity index is 1.63. The van der Waals surface area contributed by atoms with E-state index in [1.165, 1.54) is 12.0 Å². The SMILES string of the molecule is O[C@@H]1CCCC[C@H]2[C@H]1[C@@H](c1ccc(F)cc1)CN2Cc1ccccc1. The summed E-state index contributed by atoms with van der Waals surface area (Å²) in [4.78, 5) is 2.54. The molecular weight excluding hydrogens is 313 g/mol. The molecule has 1 aliphatic carbocycles. The van der Waals surface area contributed by atoms with Crippen molar-refractivity contribution in [2.45, 2.75) is 50.3 Å². The fourth-order valence-electron chi connectivity index (χ4n) is 4.86. The number of aliphatic hydroxyl groups excluding tert-OH is 1. The molecule has 4 rings (SSSR count). The highest BCUT2D eigenvalue weighted by molar-refractivity contribution is 5.25. The highest BCUT2D eigenvalue weighted by Crippen LogP contribution is 2.44. The van der Waals surface area contributed by atoms with Gasteiger partial charge in [0, 0.05) is 31.0 Å². The molecule has 1 saturated heterocycles. The normalized spacial score (nSPS) is 30.0. The Bertz CT molecular complexity index is 687. The summed E-state index contributed by atoms with van der Waals surface area (Å²) in [5.41, 5.74) is 2.48. The summed E-state index contributed by atoms with van der Waals surface area (Å²) in [6.07, 6.45) is 4.05. The Kier molecular flexibility index (Phi) is 4.87. The number of nitrogens with zero attached hydrogens (tertiary/aromatic N) is 1. The predicted molar refractivity (Wildman–Crippen MR) is 97.7 cm³/mol. The van der Waals surface area contributed by atoms with Crippen molar-refractivity contribution in [2.24, 2.45) is 5.92 Å². The Hall–Kier alpha value is -1.71. The average Bonchev–Trinajstić information content (AvgIpc) is 2.86. The summed E-state index contributed by atoms with van der Waals surface area (Å²) < 4.78 is 13.4. The molecule has 0 bridgehead atoms. The summed E-state index contributed by atoms with van der Waals surface area (Å²) in [5, 5.41) is 10.8. The second kappa shape index (κ2) is 7.27. The molecule has 4 atom stereocenters. The molecule has 25 heavy (non-hydrogen) atoms. The molecule has 2 nitrogen and oxygen atoms in total. The standard InChI is InChI=1S/C22H26FNO/c23-18-12-10-17(11-13-18)19-15-24(14-16-6-2-1-3-7-16)20-8-4-5-9-21(25)22(19)20/h1-3,6-7,10-13,19-22,25H,4-5,8-9,14-15H2/t19-,20+,21-,22-/m1/s1. The Morgan fingerprint density at radius 1 is 0.960 bits per heavy atom. The van der Waals surface area contributed by atoms with Gasteiger partial charge in [0.2, 0.25) is 0 Å². The molecule has 0 spiro atoms. The number of hydrogen-bond donors (Lipinski definition) is 1. The quantitative estimate of drug-likeness (QED) is 0.899. The van der Waals surface area contributed by atoms with Crippen molar-refractivity contribution in [3.05, 3.63) is 71.5 Å². The monoisotopic (exact) mass is 339 g/mol. The molecule has 1 heterocycles. The van der Waals surface area contributed by atoms with E-state index in [-0.39, 0.29) is 23.8 Å². The molecule has 0 amide bonds. The average molecular weight is 339 g/mol. The van der Waals surface area contributed by atoms with E-state index in [1.807, 2.05) is 18.2 Å². The topological polar surface area (TPSA) is 23.5 Å². The van der Waals surface area contributed by atoms with Crippen molar-refractivity contribution in [3.8, 4) is 0 Å². The van der Waals surface area contributed by atoms with Crippen LogP contribution in [0.4, 0.5) is 4.39 Å². The Labute approximate surface area is 149 Å². The van der Waals surface area contributed by atoms with E-state index in [0.29, 0.717) is 6.04 Å². The van der Waals surface area contributed by atoms with Crippen molar-refractivity contribution >= 4 is 0 Å². The van der Waals surface area contributed by atoms with Crippen LogP contribution >= 0.6 is 0 Å².